The predicted molar refractivity (Wildman–Crippen MR) is 173 cm³/mol. The zero-order valence-corrected chi connectivity index (χ0v) is 28.6. The van der Waals surface area contributed by atoms with Crippen LogP contribution in [0.3, 0.4) is 0 Å². The van der Waals surface area contributed by atoms with Gasteiger partial charge in [0.25, 0.3) is 5.91 Å². The molecule has 242 valence electrons. The Morgan fingerprint density at radius 1 is 0.953 bits per heavy atom. The number of nitrogens with zero attached hydrogens (tertiary/aromatic N) is 1. The van der Waals surface area contributed by atoms with E-state index in [9.17, 15) is 22.8 Å². The van der Waals surface area contributed by atoms with Crippen LogP contribution in [0.1, 0.15) is 93.1 Å². The molecule has 3 amide bonds. The average molecular weight is 619 g/mol. The maximum atomic E-state index is 14.1. The van der Waals surface area contributed by atoms with Crippen molar-refractivity contribution in [2.24, 2.45) is 11.3 Å². The molecular formula is C33H54N4O5S. The monoisotopic (exact) mass is 618 g/mol. The minimum Gasteiger partial charge on any atom is -0.342 e. The third-order valence-corrected chi connectivity index (χ3v) is 10.5. The lowest BCUT2D eigenvalue weighted by Crippen LogP contribution is -2.61. The number of rotatable bonds is 12. The van der Waals surface area contributed by atoms with E-state index in [4.69, 9.17) is 0 Å². The molecule has 10 heteroatoms. The van der Waals surface area contributed by atoms with Crippen LogP contribution in [0.5, 0.6) is 0 Å². The maximum absolute atomic E-state index is 14.1. The number of nitrogens with one attached hydrogen (secondary N) is 3. The van der Waals surface area contributed by atoms with Gasteiger partial charge in [-0.15, -0.1) is 0 Å². The summed E-state index contributed by atoms with van der Waals surface area (Å²) >= 11 is 0. The SMILES string of the molecule is CN[C@H](C(=O)N[C@H](C(=O)N(C)[C@H](/C=C(\C)C(=O)NS(=O)(=O)C1CCCCC1)C(C)C)C(C)(C)C)C(C)(C)c1ccccc1. The van der Waals surface area contributed by atoms with Crippen molar-refractivity contribution in [1.82, 2.24) is 20.3 Å². The maximum Gasteiger partial charge on any atom is 0.260 e. The lowest BCUT2D eigenvalue weighted by Gasteiger charge is -2.40. The predicted octanol–water partition coefficient (Wildman–Crippen LogP) is 4.29. The summed E-state index contributed by atoms with van der Waals surface area (Å²) in [6, 6.07) is 7.78. The molecule has 0 heterocycles. The molecule has 0 radical (unpaired) electrons. The Balaban J connectivity index is 2.29. The molecule has 9 nitrogen and oxygen atoms in total. The van der Waals surface area contributed by atoms with Crippen LogP contribution >= 0.6 is 0 Å². The van der Waals surface area contributed by atoms with Gasteiger partial charge in [-0.25, -0.2) is 13.1 Å². The van der Waals surface area contributed by atoms with Gasteiger partial charge in [0.15, 0.2) is 0 Å². The van der Waals surface area contributed by atoms with Crippen LogP contribution in [0.2, 0.25) is 0 Å². The van der Waals surface area contributed by atoms with E-state index in [0.29, 0.717) is 12.8 Å². The first kappa shape index (κ1) is 36.5. The molecule has 3 atom stereocenters. The van der Waals surface area contributed by atoms with E-state index in [1.807, 2.05) is 78.8 Å². The smallest absolute Gasteiger partial charge is 0.260 e. The van der Waals surface area contributed by atoms with Gasteiger partial charge in [-0.3, -0.25) is 14.4 Å². The molecule has 3 N–H and O–H groups in total. The average Bonchev–Trinajstić information content (AvgIpc) is 2.93. The fourth-order valence-corrected chi connectivity index (χ4v) is 7.37. The highest BCUT2D eigenvalue weighted by atomic mass is 32.2. The van der Waals surface area contributed by atoms with Gasteiger partial charge in [0.1, 0.15) is 6.04 Å². The normalized spacial score (nSPS) is 17.6. The fraction of sp³-hybridized carbons (Fsp3) is 0.667. The van der Waals surface area contributed by atoms with Crippen LogP contribution in [0.15, 0.2) is 42.0 Å². The first-order valence-corrected chi connectivity index (χ1v) is 16.9. The summed E-state index contributed by atoms with van der Waals surface area (Å²) in [5, 5.41) is 5.61. The van der Waals surface area contributed by atoms with Crippen molar-refractivity contribution in [3.8, 4) is 0 Å². The molecule has 0 spiro atoms. The van der Waals surface area contributed by atoms with Gasteiger partial charge >= 0.3 is 0 Å². The van der Waals surface area contributed by atoms with Crippen molar-refractivity contribution in [3.05, 3.63) is 47.5 Å². The molecule has 1 aromatic rings. The van der Waals surface area contributed by atoms with Gasteiger partial charge in [0.05, 0.1) is 17.3 Å². The second kappa shape index (κ2) is 14.8. The fourth-order valence-electron chi connectivity index (χ4n) is 5.83. The van der Waals surface area contributed by atoms with E-state index in [1.165, 1.54) is 0 Å². The zero-order valence-electron chi connectivity index (χ0n) is 27.8. The summed E-state index contributed by atoms with van der Waals surface area (Å²) in [6.07, 6.45) is 5.42. The zero-order chi connectivity index (χ0) is 32.8. The summed E-state index contributed by atoms with van der Waals surface area (Å²) in [5.74, 6) is -1.37. The number of hydrogen-bond donors (Lipinski definition) is 3. The van der Waals surface area contributed by atoms with Crippen molar-refractivity contribution >= 4 is 27.7 Å². The van der Waals surface area contributed by atoms with Crippen molar-refractivity contribution < 1.29 is 22.8 Å². The van der Waals surface area contributed by atoms with Crippen molar-refractivity contribution in [2.45, 2.75) is 116 Å². The number of sulfonamides is 1. The van der Waals surface area contributed by atoms with E-state index in [1.54, 1.807) is 32.0 Å². The van der Waals surface area contributed by atoms with Crippen molar-refractivity contribution in [2.75, 3.05) is 14.1 Å². The molecule has 0 aliphatic heterocycles. The lowest BCUT2D eigenvalue weighted by atomic mass is 9.76. The van der Waals surface area contributed by atoms with E-state index >= 15 is 0 Å². The topological polar surface area (TPSA) is 125 Å². The summed E-state index contributed by atoms with van der Waals surface area (Å²) in [4.78, 5) is 42.3. The molecule has 0 unspecified atom stereocenters. The molecule has 1 fully saturated rings. The molecule has 0 bridgehead atoms. The summed E-state index contributed by atoms with van der Waals surface area (Å²) < 4.78 is 27.9. The highest BCUT2D eigenvalue weighted by Crippen LogP contribution is 2.29. The summed E-state index contributed by atoms with van der Waals surface area (Å²) in [7, 11) is -0.396. The summed E-state index contributed by atoms with van der Waals surface area (Å²) in [5.41, 5.74) is 0.0175. The minimum absolute atomic E-state index is 0.0926. The van der Waals surface area contributed by atoms with Crippen LogP contribution in [0.4, 0.5) is 0 Å². The Labute approximate surface area is 259 Å². The molecular weight excluding hydrogens is 564 g/mol. The van der Waals surface area contributed by atoms with Gasteiger partial charge in [-0.2, -0.15) is 0 Å². The number of carbonyl (C=O) groups excluding carboxylic acids is 3. The largest absolute Gasteiger partial charge is 0.342 e. The first-order valence-electron chi connectivity index (χ1n) is 15.4. The number of amides is 3. The Morgan fingerprint density at radius 2 is 1.51 bits per heavy atom. The highest BCUT2D eigenvalue weighted by molar-refractivity contribution is 7.90. The second-order valence-corrected chi connectivity index (χ2v) is 15.8. The molecule has 43 heavy (non-hydrogen) atoms. The van der Waals surface area contributed by atoms with Crippen molar-refractivity contribution in [1.29, 1.82) is 0 Å². The molecule has 1 aliphatic rings. The molecule has 1 aromatic carbocycles. The lowest BCUT2D eigenvalue weighted by molar-refractivity contribution is -0.140. The Bertz CT molecular complexity index is 1250. The van der Waals surface area contributed by atoms with Crippen LogP contribution in [0, 0.1) is 11.3 Å². The van der Waals surface area contributed by atoms with Gasteiger partial charge in [-0.05, 0) is 43.7 Å². The molecule has 0 aromatic heterocycles. The van der Waals surface area contributed by atoms with E-state index < -0.39 is 50.1 Å². The standard InChI is InChI=1S/C33H54N4O5S/c1-22(2)26(21-23(3)29(38)36-43(41,42)25-19-15-12-16-20-25)37(10)31(40)28(32(4,5)6)35-30(39)27(34-9)33(7,8)24-17-13-11-14-18-24/h11,13-14,17-18,21-22,25-28,34H,12,15-16,19-20H2,1-10H3,(H,35,39)(H,36,38)/b23-21+/t26-,27-,28-/m1/s1. The first-order chi connectivity index (χ1) is 19.8. The van der Waals surface area contributed by atoms with Gasteiger partial charge < -0.3 is 15.5 Å². The Kier molecular flexibility index (Phi) is 12.6. The molecule has 1 aliphatic carbocycles. The molecule has 0 saturated heterocycles. The number of benzene rings is 1. The third kappa shape index (κ3) is 9.38. The number of hydrogen-bond acceptors (Lipinski definition) is 6. The highest BCUT2D eigenvalue weighted by Gasteiger charge is 2.41. The van der Waals surface area contributed by atoms with Crippen LogP contribution in [-0.4, -0.2) is 68.5 Å². The van der Waals surface area contributed by atoms with E-state index in [2.05, 4.69) is 15.4 Å². The quantitative estimate of drug-likeness (QED) is 0.300. The van der Waals surface area contributed by atoms with Gasteiger partial charge in [-0.1, -0.05) is 104 Å². The third-order valence-electron chi connectivity index (χ3n) is 8.67. The van der Waals surface area contributed by atoms with Crippen LogP contribution < -0.4 is 15.4 Å². The van der Waals surface area contributed by atoms with Crippen LogP contribution in [-0.2, 0) is 29.8 Å². The summed E-state index contributed by atoms with van der Waals surface area (Å²) in [6.45, 7) is 15.1. The van der Waals surface area contributed by atoms with Crippen molar-refractivity contribution in [3.63, 3.8) is 0 Å². The van der Waals surface area contributed by atoms with Gasteiger partial charge in [0.2, 0.25) is 21.8 Å². The Hall–Kier alpha value is -2.72. The van der Waals surface area contributed by atoms with E-state index in [0.717, 1.165) is 24.8 Å². The second-order valence-electron chi connectivity index (χ2n) is 13.9. The minimum atomic E-state index is -3.78. The van der Waals surface area contributed by atoms with Crippen LogP contribution in [0.25, 0.3) is 0 Å². The Morgan fingerprint density at radius 3 is 2.00 bits per heavy atom. The van der Waals surface area contributed by atoms with E-state index in [-0.39, 0.29) is 23.3 Å². The van der Waals surface area contributed by atoms with Gasteiger partial charge in [0, 0.05) is 18.0 Å². The molecule has 2 rings (SSSR count). The number of carbonyl (C=O) groups is 3. The molecule has 1 saturated carbocycles. The number of likely N-dealkylation sites (N-methyl/N-ethyl adjacent to an activating group) is 2.